The van der Waals surface area contributed by atoms with Crippen molar-refractivity contribution < 1.29 is 14.2 Å². The number of phenolic OH excluding ortho intramolecular Hbond substituents is 1. The van der Waals surface area contributed by atoms with Crippen LogP contribution in [-0.4, -0.2) is 12.2 Å². The van der Waals surface area contributed by atoms with Crippen molar-refractivity contribution in [2.24, 2.45) is 0 Å². The summed E-state index contributed by atoms with van der Waals surface area (Å²) in [6.45, 7) is 1.87. The van der Waals surface area contributed by atoms with Crippen LogP contribution in [-0.2, 0) is 0 Å². The van der Waals surface area contributed by atoms with Gasteiger partial charge in [-0.15, -0.1) is 0 Å². The normalized spacial score (nSPS) is 12.0. The average Bonchev–Trinajstić information content (AvgIpc) is 2.42. The molecule has 0 fully saturated rings. The molecule has 0 saturated carbocycles. The maximum absolute atomic E-state index is 13.0. The van der Waals surface area contributed by atoms with Crippen molar-refractivity contribution in [3.8, 4) is 11.5 Å². The second kappa shape index (κ2) is 6.01. The van der Waals surface area contributed by atoms with Crippen LogP contribution < -0.4 is 10.1 Å². The van der Waals surface area contributed by atoms with Crippen molar-refractivity contribution in [3.05, 3.63) is 52.8 Å². The summed E-state index contributed by atoms with van der Waals surface area (Å²) in [5, 5.41) is 13.3. The van der Waals surface area contributed by atoms with Crippen molar-refractivity contribution in [3.63, 3.8) is 0 Å². The van der Waals surface area contributed by atoms with Gasteiger partial charge in [0.2, 0.25) is 0 Å². The highest BCUT2D eigenvalue weighted by atomic mass is 35.5. The molecular formula is C15H15ClFNO2. The first kappa shape index (κ1) is 14.5. The minimum atomic E-state index is -0.391. The van der Waals surface area contributed by atoms with E-state index in [1.54, 1.807) is 31.4 Å². The molecule has 0 aliphatic heterocycles. The topological polar surface area (TPSA) is 41.5 Å². The van der Waals surface area contributed by atoms with Crippen LogP contribution in [0.1, 0.15) is 18.5 Å². The lowest BCUT2D eigenvalue weighted by Gasteiger charge is -2.18. The maximum Gasteiger partial charge on any atom is 0.124 e. The number of nitrogens with one attached hydrogen (secondary N) is 1. The summed E-state index contributed by atoms with van der Waals surface area (Å²) in [4.78, 5) is 0. The number of hydrogen-bond donors (Lipinski definition) is 2. The number of methoxy groups -OCH3 is 1. The van der Waals surface area contributed by atoms with Gasteiger partial charge < -0.3 is 15.2 Å². The lowest BCUT2D eigenvalue weighted by Crippen LogP contribution is -2.07. The third kappa shape index (κ3) is 3.14. The summed E-state index contributed by atoms with van der Waals surface area (Å²) in [5.74, 6) is 0.415. The van der Waals surface area contributed by atoms with E-state index in [-0.39, 0.29) is 11.8 Å². The van der Waals surface area contributed by atoms with E-state index in [1.807, 2.05) is 6.92 Å². The zero-order valence-electron chi connectivity index (χ0n) is 11.2. The van der Waals surface area contributed by atoms with Crippen LogP contribution in [0.3, 0.4) is 0 Å². The Morgan fingerprint density at radius 3 is 2.65 bits per heavy atom. The molecule has 2 rings (SSSR count). The third-order valence-corrected chi connectivity index (χ3v) is 3.32. The van der Waals surface area contributed by atoms with Crippen LogP contribution in [0.5, 0.6) is 11.5 Å². The molecule has 0 aliphatic carbocycles. The number of benzene rings is 2. The summed E-state index contributed by atoms with van der Waals surface area (Å²) in [7, 11) is 1.56. The quantitative estimate of drug-likeness (QED) is 0.880. The summed E-state index contributed by atoms with van der Waals surface area (Å²) < 4.78 is 18.1. The molecule has 106 valence electrons. The number of rotatable bonds is 4. The number of ether oxygens (including phenoxy) is 1. The molecule has 3 nitrogen and oxygen atoms in total. The second-order valence-corrected chi connectivity index (χ2v) is 4.82. The Morgan fingerprint density at radius 1 is 1.25 bits per heavy atom. The highest BCUT2D eigenvalue weighted by molar-refractivity contribution is 6.33. The minimum Gasteiger partial charge on any atom is -0.508 e. The lowest BCUT2D eigenvalue weighted by molar-refractivity contribution is 0.410. The van der Waals surface area contributed by atoms with Gasteiger partial charge >= 0.3 is 0 Å². The molecule has 5 heteroatoms. The number of phenols is 1. The smallest absolute Gasteiger partial charge is 0.124 e. The molecule has 0 bridgehead atoms. The second-order valence-electron chi connectivity index (χ2n) is 4.41. The van der Waals surface area contributed by atoms with Gasteiger partial charge in [0.25, 0.3) is 0 Å². The van der Waals surface area contributed by atoms with Gasteiger partial charge in [-0.25, -0.2) is 4.39 Å². The van der Waals surface area contributed by atoms with E-state index >= 15 is 0 Å². The summed E-state index contributed by atoms with van der Waals surface area (Å²) in [6, 6.07) is 8.90. The number of hydrogen-bond acceptors (Lipinski definition) is 3. The summed E-state index contributed by atoms with van der Waals surface area (Å²) in [5.41, 5.74) is 1.27. The zero-order valence-corrected chi connectivity index (χ0v) is 11.9. The van der Waals surface area contributed by atoms with Crippen LogP contribution in [0.25, 0.3) is 0 Å². The molecule has 0 heterocycles. The first-order chi connectivity index (χ1) is 9.51. The third-order valence-electron chi connectivity index (χ3n) is 3.00. The molecule has 2 N–H and O–H groups in total. The monoisotopic (exact) mass is 295 g/mol. The van der Waals surface area contributed by atoms with Crippen molar-refractivity contribution in [1.82, 2.24) is 0 Å². The van der Waals surface area contributed by atoms with Gasteiger partial charge in [0.15, 0.2) is 0 Å². The van der Waals surface area contributed by atoms with E-state index < -0.39 is 5.82 Å². The molecule has 1 unspecified atom stereocenters. The van der Waals surface area contributed by atoms with E-state index in [1.165, 1.54) is 12.1 Å². The van der Waals surface area contributed by atoms with Gasteiger partial charge in [0.05, 0.1) is 23.9 Å². The lowest BCUT2D eigenvalue weighted by atomic mass is 10.1. The Labute approximate surface area is 122 Å². The first-order valence-corrected chi connectivity index (χ1v) is 6.47. The summed E-state index contributed by atoms with van der Waals surface area (Å²) in [6.07, 6.45) is 0. The molecular weight excluding hydrogens is 281 g/mol. The van der Waals surface area contributed by atoms with E-state index in [0.717, 1.165) is 0 Å². The molecule has 2 aromatic rings. The number of anilines is 1. The van der Waals surface area contributed by atoms with Gasteiger partial charge in [0, 0.05) is 5.56 Å². The Hall–Kier alpha value is -1.94. The molecule has 0 radical (unpaired) electrons. The van der Waals surface area contributed by atoms with Crippen LogP contribution in [0.15, 0.2) is 36.4 Å². The fraction of sp³-hybridized carbons (Fsp3) is 0.200. The largest absolute Gasteiger partial charge is 0.508 e. The predicted octanol–water partition coefficient (Wildman–Crippen LogP) is 4.37. The Balaban J connectivity index is 2.25. The van der Waals surface area contributed by atoms with Gasteiger partial charge in [-0.2, -0.15) is 0 Å². The first-order valence-electron chi connectivity index (χ1n) is 6.09. The molecule has 0 aromatic heterocycles. The van der Waals surface area contributed by atoms with Crippen LogP contribution in [0, 0.1) is 5.82 Å². The van der Waals surface area contributed by atoms with E-state index in [4.69, 9.17) is 16.3 Å². The van der Waals surface area contributed by atoms with Crippen molar-refractivity contribution in [1.29, 1.82) is 0 Å². The maximum atomic E-state index is 13.0. The van der Waals surface area contributed by atoms with Crippen molar-refractivity contribution in [2.75, 3.05) is 12.4 Å². The van der Waals surface area contributed by atoms with E-state index in [2.05, 4.69) is 5.32 Å². The van der Waals surface area contributed by atoms with E-state index in [0.29, 0.717) is 22.0 Å². The van der Waals surface area contributed by atoms with Crippen molar-refractivity contribution in [2.45, 2.75) is 13.0 Å². The van der Waals surface area contributed by atoms with Gasteiger partial charge in [-0.1, -0.05) is 11.6 Å². The highest BCUT2D eigenvalue weighted by Gasteiger charge is 2.13. The van der Waals surface area contributed by atoms with Gasteiger partial charge in [-0.3, -0.25) is 0 Å². The minimum absolute atomic E-state index is 0.157. The molecule has 2 aromatic carbocycles. The fourth-order valence-electron chi connectivity index (χ4n) is 1.92. The number of aromatic hydroxyl groups is 1. The Bertz CT molecular complexity index is 619. The molecule has 0 saturated heterocycles. The summed E-state index contributed by atoms with van der Waals surface area (Å²) >= 11 is 5.97. The van der Waals surface area contributed by atoms with Gasteiger partial charge in [0.1, 0.15) is 17.3 Å². The zero-order chi connectivity index (χ0) is 14.7. The van der Waals surface area contributed by atoms with Crippen LogP contribution in [0.2, 0.25) is 5.02 Å². The highest BCUT2D eigenvalue weighted by Crippen LogP contribution is 2.32. The standard InChI is InChI=1S/C15H15ClFNO2/c1-9(12-8-11(20-2)4-6-15(12)19)18-14-5-3-10(17)7-13(14)16/h3-9,18-19H,1-2H3. The van der Waals surface area contributed by atoms with E-state index in [9.17, 15) is 9.50 Å². The molecule has 0 amide bonds. The molecule has 0 aliphatic rings. The molecule has 1 atom stereocenters. The Kier molecular flexibility index (Phi) is 4.35. The predicted molar refractivity (Wildman–Crippen MR) is 78.1 cm³/mol. The molecule has 20 heavy (non-hydrogen) atoms. The van der Waals surface area contributed by atoms with Crippen molar-refractivity contribution >= 4 is 17.3 Å². The van der Waals surface area contributed by atoms with Crippen LogP contribution >= 0.6 is 11.6 Å². The SMILES string of the molecule is COc1ccc(O)c(C(C)Nc2ccc(F)cc2Cl)c1. The van der Waals surface area contributed by atoms with Crippen LogP contribution in [0.4, 0.5) is 10.1 Å². The Morgan fingerprint density at radius 2 is 2.00 bits per heavy atom. The average molecular weight is 296 g/mol. The number of halogens is 2. The fourth-order valence-corrected chi connectivity index (χ4v) is 2.15. The molecule has 0 spiro atoms. The van der Waals surface area contributed by atoms with Gasteiger partial charge in [-0.05, 0) is 43.3 Å².